The van der Waals surface area contributed by atoms with Crippen LogP contribution in [0, 0.1) is 5.92 Å². The zero-order valence-corrected chi connectivity index (χ0v) is 23.6. The Bertz CT molecular complexity index is 1460. The van der Waals surface area contributed by atoms with Crippen molar-refractivity contribution in [2.24, 2.45) is 5.92 Å². The summed E-state index contributed by atoms with van der Waals surface area (Å²) in [6.07, 6.45) is 3.68. The average molecular weight is 564 g/mol. The molecule has 1 N–H and O–H groups in total. The molecular formula is C31H34ClN3O5. The molecule has 8 nitrogen and oxygen atoms in total. The number of rotatable bonds is 10. The molecule has 1 saturated heterocycles. The minimum atomic E-state index is -0.0861. The van der Waals surface area contributed by atoms with Gasteiger partial charge in [-0.3, -0.25) is 4.79 Å². The van der Waals surface area contributed by atoms with Crippen molar-refractivity contribution in [1.82, 2.24) is 9.88 Å². The molecule has 0 spiro atoms. The van der Waals surface area contributed by atoms with Crippen molar-refractivity contribution in [1.29, 1.82) is 0 Å². The first-order chi connectivity index (χ1) is 19.5. The van der Waals surface area contributed by atoms with E-state index in [1.807, 2.05) is 48.5 Å². The van der Waals surface area contributed by atoms with Crippen molar-refractivity contribution >= 4 is 34.2 Å². The Kier molecular flexibility index (Phi) is 8.77. The fourth-order valence-electron chi connectivity index (χ4n) is 5.29. The number of hydrogen-bond donors (Lipinski definition) is 1. The maximum Gasteiger partial charge on any atom is 0.227 e. The number of piperidine rings is 1. The summed E-state index contributed by atoms with van der Waals surface area (Å²) in [6.45, 7) is 2.30. The van der Waals surface area contributed by atoms with Crippen LogP contribution in [0.1, 0.15) is 29.7 Å². The molecule has 9 heteroatoms. The van der Waals surface area contributed by atoms with E-state index < -0.39 is 0 Å². The van der Waals surface area contributed by atoms with Crippen LogP contribution < -0.4 is 14.4 Å². The van der Waals surface area contributed by atoms with E-state index in [4.69, 9.17) is 30.5 Å². The number of halogens is 1. The molecular weight excluding hydrogens is 530 g/mol. The molecule has 1 aliphatic rings. The highest BCUT2D eigenvalue weighted by atomic mass is 35.5. The topological polar surface area (TPSA) is 88.3 Å². The number of pyridine rings is 1. The smallest absolute Gasteiger partial charge is 0.227 e. The second-order valence-electron chi connectivity index (χ2n) is 10.1. The predicted octanol–water partition coefficient (Wildman–Crippen LogP) is 5.48. The van der Waals surface area contributed by atoms with Gasteiger partial charge in [0.2, 0.25) is 5.91 Å². The summed E-state index contributed by atoms with van der Waals surface area (Å²) in [7, 11) is 3.19. The van der Waals surface area contributed by atoms with Crippen LogP contribution in [-0.2, 0) is 24.3 Å². The van der Waals surface area contributed by atoms with Gasteiger partial charge in [-0.2, -0.15) is 0 Å². The van der Waals surface area contributed by atoms with E-state index in [1.54, 1.807) is 25.4 Å². The number of benzene rings is 2. The third kappa shape index (κ3) is 6.35. The molecule has 0 saturated carbocycles. The van der Waals surface area contributed by atoms with Crippen LogP contribution >= 0.6 is 11.6 Å². The Morgan fingerprint density at radius 1 is 1.12 bits per heavy atom. The zero-order chi connectivity index (χ0) is 28.1. The molecule has 1 aliphatic heterocycles. The molecule has 1 atom stereocenters. The van der Waals surface area contributed by atoms with Crippen LogP contribution in [-0.4, -0.2) is 54.8 Å². The lowest BCUT2D eigenvalue weighted by atomic mass is 9.98. The summed E-state index contributed by atoms with van der Waals surface area (Å²) in [5.74, 6) is 2.87. The number of amides is 1. The Balaban J connectivity index is 1.52. The van der Waals surface area contributed by atoms with Gasteiger partial charge >= 0.3 is 0 Å². The van der Waals surface area contributed by atoms with Gasteiger partial charge in [0.05, 0.1) is 39.0 Å². The van der Waals surface area contributed by atoms with Crippen molar-refractivity contribution in [3.8, 4) is 11.5 Å². The first-order valence-corrected chi connectivity index (χ1v) is 13.8. The molecule has 40 heavy (non-hydrogen) atoms. The number of hydrogen-bond acceptors (Lipinski definition) is 7. The normalized spacial score (nSPS) is 15.3. The van der Waals surface area contributed by atoms with Crippen molar-refractivity contribution in [2.45, 2.75) is 32.4 Å². The molecule has 5 rings (SSSR count). The number of nitrogens with zero attached hydrogens (tertiary/aromatic N) is 3. The number of fused-ring (bicyclic) bond motifs is 1. The number of furan rings is 1. The fourth-order valence-corrected chi connectivity index (χ4v) is 5.46. The number of aromatic nitrogens is 1. The summed E-state index contributed by atoms with van der Waals surface area (Å²) in [6, 6.07) is 16.9. The van der Waals surface area contributed by atoms with Gasteiger partial charge in [-0.15, -0.1) is 0 Å². The van der Waals surface area contributed by atoms with Gasteiger partial charge in [-0.1, -0.05) is 17.7 Å². The predicted molar refractivity (Wildman–Crippen MR) is 155 cm³/mol. The van der Waals surface area contributed by atoms with E-state index in [0.29, 0.717) is 41.9 Å². The number of aliphatic hydroxyl groups excluding tert-OH is 1. The summed E-state index contributed by atoms with van der Waals surface area (Å²) < 4.78 is 16.6. The number of aliphatic hydroxyl groups is 1. The van der Waals surface area contributed by atoms with Crippen molar-refractivity contribution in [3.05, 3.63) is 82.8 Å². The first-order valence-electron chi connectivity index (χ1n) is 13.4. The van der Waals surface area contributed by atoms with Gasteiger partial charge < -0.3 is 28.8 Å². The summed E-state index contributed by atoms with van der Waals surface area (Å²) >= 11 is 6.30. The monoisotopic (exact) mass is 563 g/mol. The number of ether oxygens (including phenoxy) is 2. The molecule has 2 aromatic carbocycles. The molecule has 1 amide bonds. The molecule has 3 heterocycles. The first kappa shape index (κ1) is 27.8. The van der Waals surface area contributed by atoms with Crippen LogP contribution in [0.2, 0.25) is 5.02 Å². The molecule has 0 radical (unpaired) electrons. The highest BCUT2D eigenvalue weighted by Crippen LogP contribution is 2.31. The van der Waals surface area contributed by atoms with E-state index >= 15 is 0 Å². The molecule has 0 bridgehead atoms. The maximum absolute atomic E-state index is 13.9. The minimum Gasteiger partial charge on any atom is -0.497 e. The van der Waals surface area contributed by atoms with Crippen molar-refractivity contribution in [3.63, 3.8) is 0 Å². The molecule has 0 aliphatic carbocycles. The summed E-state index contributed by atoms with van der Waals surface area (Å²) in [5, 5.41) is 11.4. The van der Waals surface area contributed by atoms with Gasteiger partial charge in [-0.25, -0.2) is 4.98 Å². The Morgan fingerprint density at radius 3 is 2.75 bits per heavy atom. The molecule has 1 unspecified atom stereocenters. The van der Waals surface area contributed by atoms with E-state index in [2.05, 4.69) is 11.0 Å². The van der Waals surface area contributed by atoms with Gasteiger partial charge in [0, 0.05) is 47.8 Å². The van der Waals surface area contributed by atoms with E-state index in [0.717, 1.165) is 47.2 Å². The fraction of sp³-hybridized carbons (Fsp3) is 0.355. The van der Waals surface area contributed by atoms with Crippen LogP contribution in [0.15, 0.2) is 65.3 Å². The third-order valence-corrected chi connectivity index (χ3v) is 7.62. The van der Waals surface area contributed by atoms with Gasteiger partial charge in [0.15, 0.2) is 0 Å². The largest absolute Gasteiger partial charge is 0.497 e. The van der Waals surface area contributed by atoms with E-state index in [-0.39, 0.29) is 24.9 Å². The minimum absolute atomic E-state index is 0.0861. The van der Waals surface area contributed by atoms with Crippen LogP contribution in [0.3, 0.4) is 0 Å². The van der Waals surface area contributed by atoms with Crippen LogP contribution in [0.25, 0.3) is 10.9 Å². The van der Waals surface area contributed by atoms with E-state index in [9.17, 15) is 9.90 Å². The highest BCUT2D eigenvalue weighted by molar-refractivity contribution is 6.31. The Labute approximate surface area is 239 Å². The van der Waals surface area contributed by atoms with Crippen molar-refractivity contribution in [2.75, 3.05) is 38.8 Å². The highest BCUT2D eigenvalue weighted by Gasteiger charge is 2.26. The SMILES string of the molecule is COc1ccc(OC)c(CC(=O)N(Cc2ccco2)Cc2cc3ccc(Cl)cc3nc2N2CCCC(CO)C2)c1. The Morgan fingerprint density at radius 2 is 2.00 bits per heavy atom. The maximum atomic E-state index is 13.9. The molecule has 4 aromatic rings. The molecule has 2 aromatic heterocycles. The molecule has 1 fully saturated rings. The summed E-state index contributed by atoms with van der Waals surface area (Å²) in [4.78, 5) is 23.0. The van der Waals surface area contributed by atoms with E-state index in [1.165, 1.54) is 0 Å². The van der Waals surface area contributed by atoms with Gasteiger partial charge in [0.25, 0.3) is 0 Å². The lowest BCUT2D eigenvalue weighted by molar-refractivity contribution is -0.132. The molecule has 210 valence electrons. The zero-order valence-electron chi connectivity index (χ0n) is 22.8. The second kappa shape index (κ2) is 12.6. The van der Waals surface area contributed by atoms with Gasteiger partial charge in [0.1, 0.15) is 23.1 Å². The lowest BCUT2D eigenvalue weighted by Crippen LogP contribution is -2.39. The van der Waals surface area contributed by atoms with Crippen LogP contribution in [0.4, 0.5) is 5.82 Å². The standard InChI is InChI=1S/C31H34ClN3O5/c1-38-26-9-10-29(39-2)23(14-26)15-30(37)35(19-27-6-4-12-40-27)18-24-13-22-7-8-25(32)16-28(22)33-31(24)34-11-3-5-21(17-34)20-36/h4,6-10,12-14,16,21,36H,3,5,11,15,17-20H2,1-2H3. The average Bonchev–Trinajstić information content (AvgIpc) is 3.49. The number of carbonyl (C=O) groups is 1. The lowest BCUT2D eigenvalue weighted by Gasteiger charge is -2.35. The summed E-state index contributed by atoms with van der Waals surface area (Å²) in [5.41, 5.74) is 2.46. The second-order valence-corrected chi connectivity index (χ2v) is 10.6. The number of anilines is 1. The van der Waals surface area contributed by atoms with Crippen LogP contribution in [0.5, 0.6) is 11.5 Å². The number of methoxy groups -OCH3 is 2. The third-order valence-electron chi connectivity index (χ3n) is 7.38. The van der Waals surface area contributed by atoms with Crippen molar-refractivity contribution < 1.29 is 23.8 Å². The quantitative estimate of drug-likeness (QED) is 0.273. The Hall–Kier alpha value is -3.75. The number of carbonyl (C=O) groups excluding carboxylic acids is 1. The van der Waals surface area contributed by atoms with Gasteiger partial charge in [-0.05, 0) is 67.3 Å².